The van der Waals surface area contributed by atoms with Crippen LogP contribution in [-0.2, 0) is 4.74 Å². The number of ketones is 1. The third-order valence-electron chi connectivity index (χ3n) is 5.55. The predicted molar refractivity (Wildman–Crippen MR) is 138 cm³/mol. The first-order chi connectivity index (χ1) is 19.0. The first-order valence-corrected chi connectivity index (χ1v) is 11.4. The lowest BCUT2D eigenvalue weighted by atomic mass is 9.98. The fourth-order valence-electron chi connectivity index (χ4n) is 3.58. The van der Waals surface area contributed by atoms with E-state index in [0.29, 0.717) is 0 Å². The highest BCUT2D eigenvalue weighted by Crippen LogP contribution is 2.32. The number of phenolic OH excluding ortho intramolecular Hbond substituents is 3. The number of nitrogens with one attached hydrogen (secondary N) is 2. The summed E-state index contributed by atoms with van der Waals surface area (Å²) in [5, 5.41) is 54.5. The van der Waals surface area contributed by atoms with Crippen molar-refractivity contribution in [3.05, 3.63) is 118 Å². The summed E-state index contributed by atoms with van der Waals surface area (Å²) in [4.78, 5) is 49.7. The summed E-state index contributed by atoms with van der Waals surface area (Å²) in [5.74, 6) is -6.54. The number of benzene rings is 3. The van der Waals surface area contributed by atoms with Crippen molar-refractivity contribution in [2.75, 3.05) is 0 Å². The fraction of sp³-hybridized carbons (Fsp3) is 0. The molecular formula is C28H20N2O10. The summed E-state index contributed by atoms with van der Waals surface area (Å²) in [7, 11) is 0. The summed E-state index contributed by atoms with van der Waals surface area (Å²) in [5.41, 5.74) is -1.53. The smallest absolute Gasteiger partial charge is 0.345 e. The zero-order valence-corrected chi connectivity index (χ0v) is 20.3. The Morgan fingerprint density at radius 2 is 1.40 bits per heavy atom. The number of phenols is 4. The van der Waals surface area contributed by atoms with Gasteiger partial charge in [0, 0.05) is 17.3 Å². The predicted octanol–water partition coefficient (Wildman–Crippen LogP) is 2.87. The highest BCUT2D eigenvalue weighted by Gasteiger charge is 2.24. The number of ether oxygens (including phenoxy) is 1. The maximum atomic E-state index is 12.9. The van der Waals surface area contributed by atoms with E-state index in [9.17, 15) is 39.6 Å². The maximum Gasteiger partial charge on any atom is 0.345 e. The molecule has 0 aromatic heterocycles. The Bertz CT molecular complexity index is 1610. The number of hydrogen-bond donors (Lipinski definition) is 7. The average Bonchev–Trinajstić information content (AvgIpc) is 3.13. The van der Waals surface area contributed by atoms with E-state index in [1.165, 1.54) is 36.5 Å². The summed E-state index contributed by atoms with van der Waals surface area (Å²) in [6.07, 6.45) is 5.97. The van der Waals surface area contributed by atoms with E-state index in [1.54, 1.807) is 12.2 Å². The summed E-state index contributed by atoms with van der Waals surface area (Å²) in [6.45, 7) is 0. The number of amides is 1. The van der Waals surface area contributed by atoms with Gasteiger partial charge in [0.15, 0.2) is 0 Å². The van der Waals surface area contributed by atoms with E-state index >= 15 is 0 Å². The number of rotatable bonds is 7. The van der Waals surface area contributed by atoms with Gasteiger partial charge in [-0.3, -0.25) is 9.59 Å². The number of carboxylic acids is 1. The molecule has 12 heteroatoms. The average molecular weight is 544 g/mol. The van der Waals surface area contributed by atoms with Crippen LogP contribution < -0.4 is 10.6 Å². The van der Waals surface area contributed by atoms with Crippen molar-refractivity contribution in [1.82, 2.24) is 10.6 Å². The van der Waals surface area contributed by atoms with Gasteiger partial charge >= 0.3 is 11.9 Å². The molecule has 1 heterocycles. The Balaban J connectivity index is 1.59. The van der Waals surface area contributed by atoms with Crippen molar-refractivity contribution < 1.29 is 49.4 Å². The summed E-state index contributed by atoms with van der Waals surface area (Å²) >= 11 is 0. The number of aromatic carboxylic acids is 1. The molecule has 0 saturated carbocycles. The van der Waals surface area contributed by atoms with Crippen molar-refractivity contribution >= 4 is 23.6 Å². The van der Waals surface area contributed by atoms with Gasteiger partial charge in [-0.2, -0.15) is 0 Å². The Hall–Kier alpha value is -6.04. The molecule has 3 aromatic rings. The lowest BCUT2D eigenvalue weighted by molar-refractivity contribution is 0.0599. The van der Waals surface area contributed by atoms with Crippen LogP contribution in [-0.4, -0.2) is 49.2 Å². The first kappa shape index (κ1) is 27.0. The van der Waals surface area contributed by atoms with Gasteiger partial charge in [0.1, 0.15) is 39.8 Å². The third kappa shape index (κ3) is 5.75. The van der Waals surface area contributed by atoms with Crippen LogP contribution >= 0.6 is 0 Å². The second-order valence-electron chi connectivity index (χ2n) is 8.25. The van der Waals surface area contributed by atoms with Crippen LogP contribution in [0.1, 0.15) is 47.0 Å². The number of aromatic hydroxyl groups is 4. The Labute approximate surface area is 225 Å². The molecule has 4 rings (SSSR count). The number of carbonyl (C=O) groups is 4. The minimum absolute atomic E-state index is 0.0297. The molecule has 1 aliphatic heterocycles. The van der Waals surface area contributed by atoms with Gasteiger partial charge < -0.3 is 40.9 Å². The largest absolute Gasteiger partial charge is 0.508 e. The van der Waals surface area contributed by atoms with Gasteiger partial charge in [-0.25, -0.2) is 9.59 Å². The number of carboxylic acid groups (broad SMARTS) is 1. The molecule has 202 valence electrons. The monoisotopic (exact) mass is 544 g/mol. The Kier molecular flexibility index (Phi) is 7.53. The van der Waals surface area contributed by atoms with Crippen LogP contribution in [0.15, 0.2) is 90.6 Å². The van der Waals surface area contributed by atoms with Gasteiger partial charge in [-0.1, -0.05) is 6.08 Å². The van der Waals surface area contributed by atoms with Crippen molar-refractivity contribution in [3.8, 4) is 23.0 Å². The van der Waals surface area contributed by atoms with Crippen LogP contribution in [0.2, 0.25) is 0 Å². The van der Waals surface area contributed by atoms with Crippen LogP contribution in [0, 0.1) is 0 Å². The van der Waals surface area contributed by atoms with Crippen molar-refractivity contribution in [2.24, 2.45) is 0 Å². The summed E-state index contributed by atoms with van der Waals surface area (Å²) < 4.78 is 5.35. The molecule has 0 spiro atoms. The standard InChI is InChI=1S/C28H20N2O10/c31-17-7-4-14(5-8-17)25(36)30-19-3-1-2-10-29-26(19)40-28(39)16-12-21(33)23(22(34)13-16)24(35)15-6-9-20(32)18(11-15)27(37)38/h1-13,29,31-34H,(H,30,36)(H,37,38). The quantitative estimate of drug-likeness (QED) is 0.170. The maximum absolute atomic E-state index is 12.9. The molecule has 1 amide bonds. The zero-order valence-electron chi connectivity index (χ0n) is 20.3. The topological polar surface area (TPSA) is 203 Å². The van der Waals surface area contributed by atoms with E-state index < -0.39 is 52.0 Å². The molecule has 0 fully saturated rings. The lowest BCUT2D eigenvalue weighted by Crippen LogP contribution is -2.27. The van der Waals surface area contributed by atoms with Crippen LogP contribution in [0.4, 0.5) is 0 Å². The molecular weight excluding hydrogens is 524 g/mol. The second kappa shape index (κ2) is 11.1. The van der Waals surface area contributed by atoms with Crippen LogP contribution in [0.25, 0.3) is 0 Å². The van der Waals surface area contributed by atoms with Crippen LogP contribution in [0.5, 0.6) is 23.0 Å². The Morgan fingerprint density at radius 3 is 2.05 bits per heavy atom. The third-order valence-corrected chi connectivity index (χ3v) is 5.55. The molecule has 0 atom stereocenters. The SMILES string of the molecule is O=C(NC1=C(OC(=O)c2cc(O)c(C(=O)c3ccc(O)c(C(=O)O)c3)c(O)c2)NC=CC=C1)c1ccc(O)cc1. The van der Waals surface area contributed by atoms with E-state index in [0.717, 1.165) is 30.3 Å². The van der Waals surface area contributed by atoms with E-state index in [4.69, 9.17) is 9.84 Å². The van der Waals surface area contributed by atoms with Crippen molar-refractivity contribution in [3.63, 3.8) is 0 Å². The number of allylic oxidation sites excluding steroid dienone is 3. The van der Waals surface area contributed by atoms with Crippen LogP contribution in [0.3, 0.4) is 0 Å². The highest BCUT2D eigenvalue weighted by atomic mass is 16.5. The molecule has 0 radical (unpaired) electrons. The normalized spacial score (nSPS) is 12.3. The summed E-state index contributed by atoms with van der Waals surface area (Å²) in [6, 6.07) is 10.1. The van der Waals surface area contributed by atoms with E-state index in [1.807, 2.05) is 0 Å². The molecule has 7 N–H and O–H groups in total. The van der Waals surface area contributed by atoms with Gasteiger partial charge in [-0.15, -0.1) is 0 Å². The molecule has 0 saturated heterocycles. The molecule has 1 aliphatic rings. The van der Waals surface area contributed by atoms with Crippen molar-refractivity contribution in [1.29, 1.82) is 0 Å². The lowest BCUT2D eigenvalue weighted by Gasteiger charge is -2.14. The molecule has 0 bridgehead atoms. The first-order valence-electron chi connectivity index (χ1n) is 11.4. The second-order valence-corrected chi connectivity index (χ2v) is 8.25. The van der Waals surface area contributed by atoms with E-state index in [-0.39, 0.29) is 34.0 Å². The molecule has 3 aromatic carbocycles. The Morgan fingerprint density at radius 1 is 0.750 bits per heavy atom. The highest BCUT2D eigenvalue weighted by molar-refractivity contribution is 6.14. The van der Waals surface area contributed by atoms with Gasteiger partial charge in [0.05, 0.1) is 5.56 Å². The van der Waals surface area contributed by atoms with Gasteiger partial charge in [0.2, 0.25) is 11.7 Å². The molecule has 40 heavy (non-hydrogen) atoms. The van der Waals surface area contributed by atoms with Crippen molar-refractivity contribution in [2.45, 2.75) is 0 Å². The number of esters is 1. The fourth-order valence-corrected chi connectivity index (χ4v) is 3.58. The minimum Gasteiger partial charge on any atom is -0.508 e. The van der Waals surface area contributed by atoms with Gasteiger partial charge in [-0.05, 0) is 66.7 Å². The molecule has 0 unspecified atom stereocenters. The zero-order chi connectivity index (χ0) is 29.0. The minimum atomic E-state index is -1.50. The molecule has 0 aliphatic carbocycles. The van der Waals surface area contributed by atoms with Gasteiger partial charge in [0.25, 0.3) is 5.91 Å². The number of hydrogen-bond acceptors (Lipinski definition) is 10. The number of carbonyl (C=O) groups excluding carboxylic acids is 3. The van der Waals surface area contributed by atoms with E-state index in [2.05, 4.69) is 10.6 Å². The molecule has 12 nitrogen and oxygen atoms in total.